The van der Waals surface area contributed by atoms with Crippen LogP contribution in [0.4, 0.5) is 0 Å². The Morgan fingerprint density at radius 2 is 1.78 bits per heavy atom. The number of carbonyl (C=O) groups excluding carboxylic acids is 2. The maximum atomic E-state index is 12.2. The topological polar surface area (TPSA) is 87.9 Å². The van der Waals surface area contributed by atoms with E-state index in [1.807, 2.05) is 18.2 Å². The second-order valence-electron chi connectivity index (χ2n) is 6.22. The molecule has 7 nitrogen and oxygen atoms in total. The number of carbonyl (C=O) groups is 2. The van der Waals surface area contributed by atoms with Gasteiger partial charge in [-0.25, -0.2) is 0 Å². The monoisotopic (exact) mass is 420 g/mol. The van der Waals surface area contributed by atoms with Gasteiger partial charge in [0.15, 0.2) is 0 Å². The molecule has 0 saturated carbocycles. The number of benzene rings is 1. The molecule has 1 aromatic rings. The summed E-state index contributed by atoms with van der Waals surface area (Å²) in [5.74, 6) is -0.261. The van der Waals surface area contributed by atoms with Crippen molar-refractivity contribution in [2.75, 3.05) is 46.4 Å². The number of nitrogens with zero attached hydrogens (tertiary/aromatic N) is 2. The lowest BCUT2D eigenvalue weighted by atomic mass is 10.2. The zero-order valence-corrected chi connectivity index (χ0v) is 17.3. The molecule has 1 unspecified atom stereocenters. The van der Waals surface area contributed by atoms with Gasteiger partial charge in [-0.2, -0.15) is 0 Å². The van der Waals surface area contributed by atoms with E-state index in [9.17, 15) is 9.59 Å². The van der Waals surface area contributed by atoms with E-state index < -0.39 is 0 Å². The molecule has 0 aromatic heterocycles. The van der Waals surface area contributed by atoms with E-state index in [0.717, 1.165) is 19.6 Å². The first-order valence-electron chi connectivity index (χ1n) is 8.66. The van der Waals surface area contributed by atoms with Crippen molar-refractivity contribution in [1.82, 2.24) is 15.1 Å². The van der Waals surface area contributed by atoms with Gasteiger partial charge in [-0.15, -0.1) is 24.8 Å². The predicted molar refractivity (Wildman–Crippen MR) is 110 cm³/mol. The van der Waals surface area contributed by atoms with Gasteiger partial charge < -0.3 is 20.7 Å². The summed E-state index contributed by atoms with van der Waals surface area (Å²) in [5, 5.41) is 2.65. The van der Waals surface area contributed by atoms with Crippen LogP contribution in [-0.4, -0.2) is 74.1 Å². The van der Waals surface area contributed by atoms with Gasteiger partial charge in [0, 0.05) is 46.4 Å². The number of nitrogens with two attached hydrogens (primary N) is 1. The predicted octanol–water partition coefficient (Wildman–Crippen LogP) is 0.654. The summed E-state index contributed by atoms with van der Waals surface area (Å²) in [6.07, 6.45) is -0.137. The first-order valence-corrected chi connectivity index (χ1v) is 8.66. The van der Waals surface area contributed by atoms with E-state index in [1.165, 1.54) is 12.7 Å². The third kappa shape index (κ3) is 8.90. The van der Waals surface area contributed by atoms with Crippen molar-refractivity contribution in [3.63, 3.8) is 0 Å². The molecule has 1 atom stereocenters. The highest BCUT2D eigenvalue weighted by Gasteiger charge is 2.21. The number of hydrogen-bond acceptors (Lipinski definition) is 5. The molecule has 27 heavy (non-hydrogen) atoms. The number of methoxy groups -OCH3 is 1. The highest BCUT2D eigenvalue weighted by molar-refractivity contribution is 5.86. The van der Waals surface area contributed by atoms with Crippen molar-refractivity contribution in [2.24, 2.45) is 5.73 Å². The van der Waals surface area contributed by atoms with Crippen LogP contribution in [0.5, 0.6) is 0 Å². The van der Waals surface area contributed by atoms with Gasteiger partial charge in [-0.1, -0.05) is 30.3 Å². The van der Waals surface area contributed by atoms with Gasteiger partial charge >= 0.3 is 0 Å². The molecule has 2 amide bonds. The van der Waals surface area contributed by atoms with Crippen LogP contribution in [0, 0.1) is 0 Å². The van der Waals surface area contributed by atoms with Crippen LogP contribution in [0.3, 0.4) is 0 Å². The van der Waals surface area contributed by atoms with Crippen LogP contribution in [-0.2, 0) is 20.9 Å². The Kier molecular flexibility index (Phi) is 13.0. The Bertz CT molecular complexity index is 551. The molecule has 0 aliphatic carbocycles. The minimum absolute atomic E-state index is 0. The largest absolute Gasteiger partial charge is 0.380 e. The molecule has 9 heteroatoms. The van der Waals surface area contributed by atoms with Crippen LogP contribution in [0.2, 0.25) is 0 Å². The van der Waals surface area contributed by atoms with E-state index in [2.05, 4.69) is 22.3 Å². The SMILES string of the molecule is COC(CN)CC(=O)NCC(=O)N1CCN(Cc2ccccc2)CC1.Cl.Cl. The normalized spacial score (nSPS) is 15.3. The average Bonchev–Trinajstić information content (AvgIpc) is 2.65. The highest BCUT2D eigenvalue weighted by atomic mass is 35.5. The van der Waals surface area contributed by atoms with Crippen molar-refractivity contribution in [3.05, 3.63) is 35.9 Å². The standard InChI is InChI=1S/C18H28N4O3.2ClH/c1-25-16(12-19)11-17(23)20-13-18(24)22-9-7-21(8-10-22)14-15-5-3-2-4-6-15;;/h2-6,16H,7-14,19H2,1H3,(H,20,23);2*1H. The first kappa shape index (κ1) is 25.6. The van der Waals surface area contributed by atoms with Gasteiger partial charge in [0.25, 0.3) is 0 Å². The van der Waals surface area contributed by atoms with Gasteiger partial charge in [0.2, 0.25) is 11.8 Å². The Hall–Kier alpha value is -1.38. The van der Waals surface area contributed by atoms with Crippen LogP contribution in [0.1, 0.15) is 12.0 Å². The highest BCUT2D eigenvalue weighted by Crippen LogP contribution is 2.08. The third-order valence-corrected chi connectivity index (χ3v) is 4.42. The summed E-state index contributed by atoms with van der Waals surface area (Å²) < 4.78 is 5.07. The minimum Gasteiger partial charge on any atom is -0.380 e. The molecule has 154 valence electrons. The van der Waals surface area contributed by atoms with Crippen molar-refractivity contribution < 1.29 is 14.3 Å². The molecule has 1 saturated heterocycles. The third-order valence-electron chi connectivity index (χ3n) is 4.42. The molecule has 0 spiro atoms. The number of amides is 2. The molecule has 1 fully saturated rings. The van der Waals surface area contributed by atoms with Crippen LogP contribution < -0.4 is 11.1 Å². The summed E-state index contributed by atoms with van der Waals surface area (Å²) in [5.41, 5.74) is 6.77. The Morgan fingerprint density at radius 3 is 2.33 bits per heavy atom. The molecular weight excluding hydrogens is 391 g/mol. The van der Waals surface area contributed by atoms with E-state index in [0.29, 0.717) is 13.1 Å². The van der Waals surface area contributed by atoms with Gasteiger partial charge in [0.1, 0.15) is 0 Å². The van der Waals surface area contributed by atoms with Crippen LogP contribution in [0.25, 0.3) is 0 Å². The molecule has 1 aliphatic rings. The number of ether oxygens (including phenoxy) is 1. The summed E-state index contributed by atoms with van der Waals surface area (Å²) >= 11 is 0. The smallest absolute Gasteiger partial charge is 0.242 e. The van der Waals surface area contributed by atoms with E-state index >= 15 is 0 Å². The Balaban J connectivity index is 0.00000338. The molecule has 1 aliphatic heterocycles. The number of piperazine rings is 1. The fraction of sp³-hybridized carbons (Fsp3) is 0.556. The number of nitrogens with one attached hydrogen (secondary N) is 1. The zero-order chi connectivity index (χ0) is 18.1. The maximum absolute atomic E-state index is 12.2. The van der Waals surface area contributed by atoms with Gasteiger partial charge in [-0.05, 0) is 5.56 Å². The second kappa shape index (κ2) is 13.7. The number of hydrogen-bond donors (Lipinski definition) is 2. The summed E-state index contributed by atoms with van der Waals surface area (Å²) in [6.45, 7) is 4.26. The van der Waals surface area contributed by atoms with E-state index in [1.54, 1.807) is 4.90 Å². The number of rotatable bonds is 8. The molecule has 0 bridgehead atoms. The van der Waals surface area contributed by atoms with Crippen molar-refractivity contribution in [3.8, 4) is 0 Å². The number of halogens is 2. The average molecular weight is 421 g/mol. The van der Waals surface area contributed by atoms with E-state index in [-0.39, 0.29) is 62.2 Å². The molecule has 2 rings (SSSR count). The quantitative estimate of drug-likeness (QED) is 0.644. The molecule has 1 heterocycles. The lowest BCUT2D eigenvalue weighted by Gasteiger charge is -2.34. The molecular formula is C18H30Cl2N4O3. The minimum atomic E-state index is -0.309. The fourth-order valence-corrected chi connectivity index (χ4v) is 2.82. The Labute approximate surface area is 173 Å². The Morgan fingerprint density at radius 1 is 1.15 bits per heavy atom. The van der Waals surface area contributed by atoms with Gasteiger partial charge in [0.05, 0.1) is 19.1 Å². The van der Waals surface area contributed by atoms with Gasteiger partial charge in [-0.3, -0.25) is 14.5 Å². The summed E-state index contributed by atoms with van der Waals surface area (Å²) in [4.78, 5) is 28.2. The van der Waals surface area contributed by atoms with Crippen molar-refractivity contribution in [1.29, 1.82) is 0 Å². The lowest BCUT2D eigenvalue weighted by Crippen LogP contribution is -2.51. The summed E-state index contributed by atoms with van der Waals surface area (Å²) in [6, 6.07) is 10.3. The molecule has 1 aromatic carbocycles. The van der Waals surface area contributed by atoms with E-state index in [4.69, 9.17) is 10.5 Å². The van der Waals surface area contributed by atoms with Crippen LogP contribution >= 0.6 is 24.8 Å². The second-order valence-corrected chi connectivity index (χ2v) is 6.22. The molecule has 3 N–H and O–H groups in total. The zero-order valence-electron chi connectivity index (χ0n) is 15.6. The maximum Gasteiger partial charge on any atom is 0.242 e. The summed E-state index contributed by atoms with van der Waals surface area (Å²) in [7, 11) is 1.52. The van der Waals surface area contributed by atoms with Crippen molar-refractivity contribution >= 4 is 36.6 Å². The van der Waals surface area contributed by atoms with Crippen molar-refractivity contribution in [2.45, 2.75) is 19.1 Å². The fourth-order valence-electron chi connectivity index (χ4n) is 2.82. The molecule has 0 radical (unpaired) electrons. The first-order chi connectivity index (χ1) is 12.1. The van der Waals surface area contributed by atoms with Crippen LogP contribution in [0.15, 0.2) is 30.3 Å². The lowest BCUT2D eigenvalue weighted by molar-refractivity contribution is -0.134.